The van der Waals surface area contributed by atoms with Crippen LogP contribution in [0.4, 0.5) is 0 Å². The quantitative estimate of drug-likeness (QED) is 0.630. The van der Waals surface area contributed by atoms with Crippen molar-refractivity contribution >= 4 is 0 Å². The van der Waals surface area contributed by atoms with Crippen molar-refractivity contribution in [1.29, 1.82) is 0 Å². The number of aliphatic hydroxyl groups is 1. The molecule has 0 aromatic heterocycles. The van der Waals surface area contributed by atoms with Gasteiger partial charge in [0.2, 0.25) is 0 Å². The number of aliphatic hydroxyl groups excluding tert-OH is 1. The predicted octanol–water partition coefficient (Wildman–Crippen LogP) is 1.22. The zero-order valence-electron chi connectivity index (χ0n) is 7.92. The molecule has 0 amide bonds. The highest BCUT2D eigenvalue weighted by molar-refractivity contribution is 4.77. The molecule has 1 saturated carbocycles. The Kier molecular flexibility index (Phi) is 3.98. The van der Waals surface area contributed by atoms with Crippen LogP contribution in [-0.4, -0.2) is 23.4 Å². The largest absolute Gasteiger partial charge is 0.391 e. The van der Waals surface area contributed by atoms with E-state index in [1.54, 1.807) is 0 Å². The minimum absolute atomic E-state index is 0.140. The van der Waals surface area contributed by atoms with Gasteiger partial charge in [-0.25, -0.2) is 0 Å². The molecular weight excluding hydrogens is 154 g/mol. The van der Waals surface area contributed by atoms with Crippen molar-refractivity contribution in [3.63, 3.8) is 0 Å². The van der Waals surface area contributed by atoms with E-state index in [1.807, 2.05) is 13.8 Å². The van der Waals surface area contributed by atoms with E-state index in [0.717, 1.165) is 19.3 Å². The Morgan fingerprint density at radius 3 is 2.58 bits per heavy atom. The molecule has 12 heavy (non-hydrogen) atoms. The predicted molar refractivity (Wildman–Crippen MR) is 47.6 cm³/mol. The van der Waals surface area contributed by atoms with Crippen LogP contribution in [0.25, 0.3) is 0 Å². The maximum atomic E-state index is 9.54. The van der Waals surface area contributed by atoms with Crippen LogP contribution in [0, 0.1) is 0 Å². The number of nitrogens with one attached hydrogen (secondary N) is 1. The highest BCUT2D eigenvalue weighted by atomic mass is 16.7. The summed E-state index contributed by atoms with van der Waals surface area (Å²) in [6.45, 7) is 3.95. The van der Waals surface area contributed by atoms with Crippen LogP contribution in [0.1, 0.15) is 39.5 Å². The lowest BCUT2D eigenvalue weighted by atomic mass is 9.93. The third kappa shape index (κ3) is 3.09. The number of hydrogen-bond acceptors (Lipinski definition) is 3. The van der Waals surface area contributed by atoms with Gasteiger partial charge in [0.25, 0.3) is 0 Å². The fourth-order valence-corrected chi connectivity index (χ4v) is 1.47. The topological polar surface area (TPSA) is 41.5 Å². The van der Waals surface area contributed by atoms with E-state index < -0.39 is 0 Å². The van der Waals surface area contributed by atoms with Gasteiger partial charge in [0.15, 0.2) is 0 Å². The fourth-order valence-electron chi connectivity index (χ4n) is 1.47. The molecule has 1 rings (SSSR count). The monoisotopic (exact) mass is 173 g/mol. The van der Waals surface area contributed by atoms with E-state index in [-0.39, 0.29) is 18.2 Å². The smallest absolute Gasteiger partial charge is 0.0734 e. The Bertz CT molecular complexity index is 128. The second-order valence-corrected chi connectivity index (χ2v) is 3.74. The maximum absolute atomic E-state index is 9.54. The van der Waals surface area contributed by atoms with Crippen molar-refractivity contribution in [2.75, 3.05) is 0 Å². The lowest BCUT2D eigenvalue weighted by Gasteiger charge is -2.28. The second kappa shape index (κ2) is 4.80. The van der Waals surface area contributed by atoms with Crippen LogP contribution in [0.3, 0.4) is 0 Å². The third-order valence-corrected chi connectivity index (χ3v) is 2.18. The summed E-state index contributed by atoms with van der Waals surface area (Å²) < 4.78 is 0. The van der Waals surface area contributed by atoms with Crippen molar-refractivity contribution in [2.45, 2.75) is 57.8 Å². The van der Waals surface area contributed by atoms with Crippen molar-refractivity contribution < 1.29 is 9.94 Å². The summed E-state index contributed by atoms with van der Waals surface area (Å²) in [4.78, 5) is 5.24. The molecule has 0 heterocycles. The van der Waals surface area contributed by atoms with Crippen LogP contribution in [0.5, 0.6) is 0 Å². The summed E-state index contributed by atoms with van der Waals surface area (Å²) >= 11 is 0. The first kappa shape index (κ1) is 9.96. The first-order chi connectivity index (χ1) is 5.70. The van der Waals surface area contributed by atoms with Crippen molar-refractivity contribution in [3.8, 4) is 0 Å². The minimum Gasteiger partial charge on any atom is -0.391 e. The standard InChI is InChI=1S/C9H19NO2/c1-7(2)12-10-8-5-3-4-6-9(8)11/h7-11H,3-6H2,1-2H3/t8-,9-/m0/s1. The molecule has 0 aromatic rings. The van der Waals surface area contributed by atoms with Gasteiger partial charge in [-0.1, -0.05) is 12.8 Å². The molecule has 0 spiro atoms. The molecule has 0 bridgehead atoms. The van der Waals surface area contributed by atoms with Crippen molar-refractivity contribution in [3.05, 3.63) is 0 Å². The molecule has 72 valence electrons. The van der Waals surface area contributed by atoms with E-state index in [0.29, 0.717) is 0 Å². The molecule has 0 aliphatic heterocycles. The molecule has 2 atom stereocenters. The number of hydrogen-bond donors (Lipinski definition) is 2. The van der Waals surface area contributed by atoms with Crippen LogP contribution < -0.4 is 5.48 Å². The molecule has 3 heteroatoms. The lowest BCUT2D eigenvalue weighted by molar-refractivity contribution is -0.0638. The van der Waals surface area contributed by atoms with Crippen molar-refractivity contribution in [2.24, 2.45) is 0 Å². The van der Waals surface area contributed by atoms with Crippen molar-refractivity contribution in [1.82, 2.24) is 5.48 Å². The van der Waals surface area contributed by atoms with E-state index >= 15 is 0 Å². The molecule has 2 N–H and O–H groups in total. The minimum atomic E-state index is -0.225. The summed E-state index contributed by atoms with van der Waals surface area (Å²) in [5, 5.41) is 9.54. The first-order valence-electron chi connectivity index (χ1n) is 4.79. The summed E-state index contributed by atoms with van der Waals surface area (Å²) in [6.07, 6.45) is 4.21. The van der Waals surface area contributed by atoms with E-state index in [1.165, 1.54) is 6.42 Å². The highest BCUT2D eigenvalue weighted by Crippen LogP contribution is 2.18. The number of rotatable bonds is 3. The molecule has 1 aliphatic rings. The average Bonchev–Trinajstić information content (AvgIpc) is 2.03. The molecular formula is C9H19NO2. The van der Waals surface area contributed by atoms with Gasteiger partial charge in [-0.3, -0.25) is 4.84 Å². The SMILES string of the molecule is CC(C)ON[C@H]1CCCC[C@@H]1O. The molecule has 3 nitrogen and oxygen atoms in total. The Hall–Kier alpha value is -0.120. The Labute approximate surface area is 74.1 Å². The molecule has 0 saturated heterocycles. The maximum Gasteiger partial charge on any atom is 0.0734 e. The lowest BCUT2D eigenvalue weighted by Crippen LogP contribution is -2.42. The van der Waals surface area contributed by atoms with Gasteiger partial charge in [0.05, 0.1) is 18.2 Å². The van der Waals surface area contributed by atoms with Crippen LogP contribution in [0.15, 0.2) is 0 Å². The third-order valence-electron chi connectivity index (χ3n) is 2.18. The zero-order valence-corrected chi connectivity index (χ0v) is 7.92. The van der Waals surface area contributed by atoms with Crippen LogP contribution >= 0.6 is 0 Å². The normalized spacial score (nSPS) is 31.0. The molecule has 0 unspecified atom stereocenters. The van der Waals surface area contributed by atoms with Gasteiger partial charge in [-0.2, -0.15) is 5.48 Å². The van der Waals surface area contributed by atoms with E-state index in [9.17, 15) is 5.11 Å². The highest BCUT2D eigenvalue weighted by Gasteiger charge is 2.22. The fraction of sp³-hybridized carbons (Fsp3) is 1.00. The Morgan fingerprint density at radius 2 is 2.00 bits per heavy atom. The molecule has 1 fully saturated rings. The van der Waals surface area contributed by atoms with Gasteiger partial charge in [-0.15, -0.1) is 0 Å². The van der Waals surface area contributed by atoms with Gasteiger partial charge >= 0.3 is 0 Å². The van der Waals surface area contributed by atoms with Gasteiger partial charge in [0, 0.05) is 0 Å². The summed E-state index contributed by atoms with van der Waals surface area (Å²) in [7, 11) is 0. The average molecular weight is 173 g/mol. The van der Waals surface area contributed by atoms with Gasteiger partial charge in [0.1, 0.15) is 0 Å². The number of hydroxylamine groups is 1. The van der Waals surface area contributed by atoms with Gasteiger partial charge < -0.3 is 5.11 Å². The van der Waals surface area contributed by atoms with Crippen LogP contribution in [-0.2, 0) is 4.84 Å². The Morgan fingerprint density at radius 1 is 1.33 bits per heavy atom. The molecule has 0 radical (unpaired) electrons. The Balaban J connectivity index is 2.20. The second-order valence-electron chi connectivity index (χ2n) is 3.74. The molecule has 0 aromatic carbocycles. The van der Waals surface area contributed by atoms with E-state index in [2.05, 4.69) is 5.48 Å². The zero-order chi connectivity index (χ0) is 8.97. The first-order valence-corrected chi connectivity index (χ1v) is 4.79. The van der Waals surface area contributed by atoms with Gasteiger partial charge in [-0.05, 0) is 26.7 Å². The summed E-state index contributed by atoms with van der Waals surface area (Å²) in [5.74, 6) is 0. The van der Waals surface area contributed by atoms with E-state index in [4.69, 9.17) is 4.84 Å². The summed E-state index contributed by atoms with van der Waals surface area (Å²) in [6, 6.07) is 0.140. The summed E-state index contributed by atoms with van der Waals surface area (Å²) in [5.41, 5.74) is 2.92. The molecule has 1 aliphatic carbocycles. The van der Waals surface area contributed by atoms with Crippen LogP contribution in [0.2, 0.25) is 0 Å².